The van der Waals surface area contributed by atoms with Crippen LogP contribution in [-0.4, -0.2) is 26.7 Å². The van der Waals surface area contributed by atoms with Gasteiger partial charge in [0.15, 0.2) is 11.5 Å². The van der Waals surface area contributed by atoms with E-state index in [0.29, 0.717) is 24.5 Å². The molecule has 0 aromatic heterocycles. The van der Waals surface area contributed by atoms with E-state index in [1.54, 1.807) is 14.2 Å². The summed E-state index contributed by atoms with van der Waals surface area (Å²) in [4.78, 5) is 12.9. The van der Waals surface area contributed by atoms with Crippen molar-refractivity contribution in [1.29, 1.82) is 0 Å². The van der Waals surface area contributed by atoms with Gasteiger partial charge in [0, 0.05) is 12.6 Å². The molecule has 0 radical (unpaired) electrons. The van der Waals surface area contributed by atoms with Gasteiger partial charge in [-0.3, -0.25) is 4.79 Å². The lowest BCUT2D eigenvalue weighted by Gasteiger charge is -2.19. The first-order chi connectivity index (χ1) is 15.0. The summed E-state index contributed by atoms with van der Waals surface area (Å²) in [6, 6.07) is 17.1. The highest BCUT2D eigenvalue weighted by Crippen LogP contribution is 2.27. The Morgan fingerprint density at radius 2 is 1.68 bits per heavy atom. The Hall–Kier alpha value is -3.45. The molecular formula is C24H24F2N2O3. The van der Waals surface area contributed by atoms with Crippen molar-refractivity contribution in [3.05, 3.63) is 89.5 Å². The number of methoxy groups -OCH3 is 2. The van der Waals surface area contributed by atoms with Crippen LogP contribution < -0.4 is 20.1 Å². The number of nitrogens with one attached hydrogen (secondary N) is 2. The maximum Gasteiger partial charge on any atom is 0.246 e. The Labute approximate surface area is 180 Å². The van der Waals surface area contributed by atoms with Gasteiger partial charge in [0.05, 0.1) is 19.9 Å². The summed E-state index contributed by atoms with van der Waals surface area (Å²) < 4.78 is 37.7. The molecule has 0 aliphatic heterocycles. The van der Waals surface area contributed by atoms with Crippen molar-refractivity contribution in [2.75, 3.05) is 26.1 Å². The van der Waals surface area contributed by atoms with Gasteiger partial charge in [0.2, 0.25) is 5.91 Å². The lowest BCUT2D eigenvalue weighted by molar-refractivity contribution is -0.118. The normalized spacial score (nSPS) is 11.6. The van der Waals surface area contributed by atoms with E-state index in [-0.39, 0.29) is 5.69 Å². The van der Waals surface area contributed by atoms with E-state index in [2.05, 4.69) is 10.6 Å². The van der Waals surface area contributed by atoms with Crippen LogP contribution in [0.15, 0.2) is 66.7 Å². The molecule has 0 saturated carbocycles. The van der Waals surface area contributed by atoms with Crippen LogP contribution in [0.3, 0.4) is 0 Å². The van der Waals surface area contributed by atoms with Gasteiger partial charge in [-0.1, -0.05) is 36.4 Å². The number of hydrogen-bond acceptors (Lipinski definition) is 4. The first-order valence-electron chi connectivity index (χ1n) is 9.77. The molecule has 0 spiro atoms. The average molecular weight is 426 g/mol. The molecule has 5 nitrogen and oxygen atoms in total. The van der Waals surface area contributed by atoms with Crippen LogP contribution >= 0.6 is 0 Å². The van der Waals surface area contributed by atoms with Crippen LogP contribution in [0.5, 0.6) is 11.5 Å². The van der Waals surface area contributed by atoms with Gasteiger partial charge in [-0.25, -0.2) is 8.78 Å². The van der Waals surface area contributed by atoms with Crippen LogP contribution in [0.25, 0.3) is 0 Å². The third kappa shape index (κ3) is 5.79. The third-order valence-electron chi connectivity index (χ3n) is 4.79. The van der Waals surface area contributed by atoms with E-state index in [0.717, 1.165) is 23.3 Å². The van der Waals surface area contributed by atoms with Crippen molar-refractivity contribution in [3.63, 3.8) is 0 Å². The molecule has 2 N–H and O–H groups in total. The number of carbonyl (C=O) groups excluding carboxylic acids is 1. The van der Waals surface area contributed by atoms with E-state index in [1.807, 2.05) is 48.5 Å². The minimum atomic E-state index is -0.828. The van der Waals surface area contributed by atoms with Crippen molar-refractivity contribution in [1.82, 2.24) is 5.32 Å². The second-order valence-corrected chi connectivity index (χ2v) is 6.85. The smallest absolute Gasteiger partial charge is 0.246 e. The number of benzene rings is 3. The number of ether oxygens (including phenoxy) is 2. The molecule has 3 aromatic carbocycles. The summed E-state index contributed by atoms with van der Waals surface area (Å²) in [5.41, 5.74) is 1.66. The quantitative estimate of drug-likeness (QED) is 0.529. The van der Waals surface area contributed by atoms with Crippen LogP contribution in [0.1, 0.15) is 17.2 Å². The zero-order chi connectivity index (χ0) is 22.2. The van der Waals surface area contributed by atoms with E-state index in [4.69, 9.17) is 9.47 Å². The summed E-state index contributed by atoms with van der Waals surface area (Å²) in [6.45, 7) is 0.481. The minimum Gasteiger partial charge on any atom is -0.493 e. The number of carbonyl (C=O) groups is 1. The fourth-order valence-electron chi connectivity index (χ4n) is 3.20. The summed E-state index contributed by atoms with van der Waals surface area (Å²) in [5.74, 6) is -0.705. The molecule has 0 saturated heterocycles. The molecule has 0 bridgehead atoms. The lowest BCUT2D eigenvalue weighted by Crippen LogP contribution is -2.34. The van der Waals surface area contributed by atoms with Crippen molar-refractivity contribution in [2.45, 2.75) is 12.5 Å². The second-order valence-electron chi connectivity index (χ2n) is 6.85. The zero-order valence-electron chi connectivity index (χ0n) is 17.3. The maximum absolute atomic E-state index is 14.0. The maximum atomic E-state index is 14.0. The summed E-state index contributed by atoms with van der Waals surface area (Å²) in [5, 5.41) is 5.76. The first kappa shape index (κ1) is 22.2. The molecule has 0 fully saturated rings. The SMILES string of the molecule is COc1ccc(CCN[C@@H](C(=O)Nc2ccc(F)cc2F)c2ccccc2)cc1OC. The van der Waals surface area contributed by atoms with Crippen LogP contribution in [0.4, 0.5) is 14.5 Å². The Kier molecular flexibility index (Phi) is 7.56. The number of hydrogen-bond donors (Lipinski definition) is 2. The highest BCUT2D eigenvalue weighted by atomic mass is 19.1. The topological polar surface area (TPSA) is 59.6 Å². The average Bonchev–Trinajstić information content (AvgIpc) is 2.79. The van der Waals surface area contributed by atoms with Crippen LogP contribution in [0, 0.1) is 11.6 Å². The second kappa shape index (κ2) is 10.5. The van der Waals surface area contributed by atoms with Gasteiger partial charge in [-0.05, 0) is 41.8 Å². The highest BCUT2D eigenvalue weighted by Gasteiger charge is 2.21. The molecule has 0 aliphatic rings. The van der Waals surface area contributed by atoms with Crippen molar-refractivity contribution in [3.8, 4) is 11.5 Å². The van der Waals surface area contributed by atoms with Crippen LogP contribution in [0.2, 0.25) is 0 Å². The van der Waals surface area contributed by atoms with Crippen molar-refractivity contribution in [2.24, 2.45) is 0 Å². The number of halogens is 2. The van der Waals surface area contributed by atoms with Gasteiger partial charge in [-0.2, -0.15) is 0 Å². The largest absolute Gasteiger partial charge is 0.493 e. The summed E-state index contributed by atoms with van der Waals surface area (Å²) >= 11 is 0. The predicted molar refractivity (Wildman–Crippen MR) is 115 cm³/mol. The number of rotatable bonds is 9. The zero-order valence-corrected chi connectivity index (χ0v) is 17.3. The van der Waals surface area contributed by atoms with E-state index in [1.165, 1.54) is 6.07 Å². The first-order valence-corrected chi connectivity index (χ1v) is 9.77. The van der Waals surface area contributed by atoms with Gasteiger partial charge >= 0.3 is 0 Å². The van der Waals surface area contributed by atoms with Gasteiger partial charge in [0.25, 0.3) is 0 Å². The van der Waals surface area contributed by atoms with E-state index in [9.17, 15) is 13.6 Å². The molecular weight excluding hydrogens is 402 g/mol. The molecule has 1 amide bonds. The fraction of sp³-hybridized carbons (Fsp3) is 0.208. The fourth-order valence-corrected chi connectivity index (χ4v) is 3.20. The van der Waals surface area contributed by atoms with E-state index < -0.39 is 23.6 Å². The van der Waals surface area contributed by atoms with Crippen LogP contribution in [-0.2, 0) is 11.2 Å². The number of amides is 1. The molecule has 31 heavy (non-hydrogen) atoms. The molecule has 0 unspecified atom stereocenters. The van der Waals surface area contributed by atoms with Crippen molar-refractivity contribution >= 4 is 11.6 Å². The minimum absolute atomic E-state index is 0.0750. The Morgan fingerprint density at radius 3 is 2.35 bits per heavy atom. The Morgan fingerprint density at radius 1 is 0.935 bits per heavy atom. The molecule has 7 heteroatoms. The monoisotopic (exact) mass is 426 g/mol. The lowest BCUT2D eigenvalue weighted by atomic mass is 10.0. The molecule has 3 aromatic rings. The standard InChI is InChI=1S/C24H24F2N2O3/c1-30-21-11-8-16(14-22(21)31-2)12-13-27-23(17-6-4-3-5-7-17)24(29)28-20-10-9-18(25)15-19(20)26/h3-11,14-15,23,27H,12-13H2,1-2H3,(H,28,29)/t23-/m1/s1. The molecule has 3 rings (SSSR count). The van der Waals surface area contributed by atoms with Gasteiger partial charge in [0.1, 0.15) is 17.7 Å². The van der Waals surface area contributed by atoms with E-state index >= 15 is 0 Å². The molecule has 0 heterocycles. The molecule has 0 aliphatic carbocycles. The summed E-state index contributed by atoms with van der Waals surface area (Å²) in [7, 11) is 3.15. The Bertz CT molecular complexity index is 1030. The Balaban J connectivity index is 1.72. The van der Waals surface area contributed by atoms with Gasteiger partial charge in [-0.15, -0.1) is 0 Å². The third-order valence-corrected chi connectivity index (χ3v) is 4.79. The highest BCUT2D eigenvalue weighted by molar-refractivity contribution is 5.95. The number of anilines is 1. The van der Waals surface area contributed by atoms with Crippen molar-refractivity contribution < 1.29 is 23.0 Å². The molecule has 162 valence electrons. The molecule has 1 atom stereocenters. The van der Waals surface area contributed by atoms with Gasteiger partial charge < -0.3 is 20.1 Å². The predicted octanol–water partition coefficient (Wildman–Crippen LogP) is 4.49. The summed E-state index contributed by atoms with van der Waals surface area (Å²) in [6.07, 6.45) is 0.627.